The summed E-state index contributed by atoms with van der Waals surface area (Å²) in [5.74, 6) is 0.778. The van der Waals surface area contributed by atoms with E-state index in [4.69, 9.17) is 4.74 Å². The molecule has 1 saturated heterocycles. The summed E-state index contributed by atoms with van der Waals surface area (Å²) in [5.41, 5.74) is 2.36. The number of sulfonamides is 1. The van der Waals surface area contributed by atoms with Gasteiger partial charge in [0, 0.05) is 12.2 Å². The van der Waals surface area contributed by atoms with Crippen molar-refractivity contribution >= 4 is 27.3 Å². The van der Waals surface area contributed by atoms with Gasteiger partial charge in [-0.1, -0.05) is 12.1 Å². The van der Waals surface area contributed by atoms with Crippen LogP contribution in [0.5, 0.6) is 5.75 Å². The van der Waals surface area contributed by atoms with E-state index in [1.165, 1.54) is 4.31 Å². The Labute approximate surface area is 153 Å². The van der Waals surface area contributed by atoms with Crippen LogP contribution >= 0.6 is 0 Å². The van der Waals surface area contributed by atoms with Crippen LogP contribution < -0.4 is 14.4 Å². The lowest BCUT2D eigenvalue weighted by molar-refractivity contribution is -0.116. The van der Waals surface area contributed by atoms with Crippen molar-refractivity contribution in [2.75, 3.05) is 28.5 Å². The third-order valence-corrected chi connectivity index (χ3v) is 6.00. The molecule has 1 heterocycles. The van der Waals surface area contributed by atoms with Gasteiger partial charge in [-0.25, -0.2) is 8.42 Å². The summed E-state index contributed by atoms with van der Waals surface area (Å²) in [4.78, 5) is 12.0. The van der Waals surface area contributed by atoms with Crippen LogP contribution in [-0.4, -0.2) is 33.2 Å². The van der Waals surface area contributed by atoms with Crippen LogP contribution in [-0.2, 0) is 14.8 Å². The van der Waals surface area contributed by atoms with Gasteiger partial charge in [0.1, 0.15) is 5.75 Å². The fourth-order valence-electron chi connectivity index (χ4n) is 2.83. The van der Waals surface area contributed by atoms with Crippen LogP contribution in [0.3, 0.4) is 0 Å². The van der Waals surface area contributed by atoms with E-state index < -0.39 is 10.0 Å². The fourth-order valence-corrected chi connectivity index (χ4v) is 4.40. The van der Waals surface area contributed by atoms with Gasteiger partial charge in [-0.05, 0) is 55.3 Å². The predicted octanol–water partition coefficient (Wildman–Crippen LogP) is 2.94. The molecule has 0 atom stereocenters. The number of carbonyl (C=O) groups is 1. The summed E-state index contributed by atoms with van der Waals surface area (Å²) in [6, 6.07) is 14.5. The number of carbonyl (C=O) groups excluding carboxylic acids is 1. The quantitative estimate of drug-likeness (QED) is 0.843. The van der Waals surface area contributed by atoms with E-state index in [2.05, 4.69) is 5.32 Å². The summed E-state index contributed by atoms with van der Waals surface area (Å²) in [6.45, 7) is 2.78. The van der Waals surface area contributed by atoms with Crippen LogP contribution in [0.25, 0.3) is 0 Å². The predicted molar refractivity (Wildman–Crippen MR) is 102 cm³/mol. The first-order valence-corrected chi connectivity index (χ1v) is 10.1. The van der Waals surface area contributed by atoms with Crippen LogP contribution in [0.15, 0.2) is 48.5 Å². The molecular weight excluding hydrogens is 352 g/mol. The Kier molecular flexibility index (Phi) is 5.46. The van der Waals surface area contributed by atoms with Crippen molar-refractivity contribution in [3.05, 3.63) is 54.1 Å². The standard InChI is InChI=1S/C19H22N2O4S/c1-15-4-2-5-18(14-15)25-12-10-19(22)20-16-6-8-17(9-7-16)21-11-3-13-26(21,23)24/h2,4-9,14H,3,10-13H2,1H3,(H,20,22). The summed E-state index contributed by atoms with van der Waals surface area (Å²) in [7, 11) is -3.19. The molecule has 138 valence electrons. The summed E-state index contributed by atoms with van der Waals surface area (Å²) in [5, 5.41) is 2.79. The van der Waals surface area contributed by atoms with Gasteiger partial charge in [0.25, 0.3) is 0 Å². The number of ether oxygens (including phenoxy) is 1. The molecule has 1 aliphatic heterocycles. The lowest BCUT2D eigenvalue weighted by atomic mass is 10.2. The molecule has 7 heteroatoms. The first-order chi connectivity index (χ1) is 12.4. The van der Waals surface area contributed by atoms with Gasteiger partial charge in [0.2, 0.25) is 15.9 Å². The highest BCUT2D eigenvalue weighted by Gasteiger charge is 2.28. The lowest BCUT2D eigenvalue weighted by Crippen LogP contribution is -2.25. The van der Waals surface area contributed by atoms with E-state index in [1.54, 1.807) is 24.3 Å². The second-order valence-electron chi connectivity index (χ2n) is 6.25. The Bertz CT molecular complexity index is 879. The number of nitrogens with one attached hydrogen (secondary N) is 1. The number of rotatable bonds is 6. The molecule has 26 heavy (non-hydrogen) atoms. The molecule has 3 rings (SSSR count). The minimum Gasteiger partial charge on any atom is -0.493 e. The maximum absolute atomic E-state index is 12.0. The number of hydrogen-bond donors (Lipinski definition) is 1. The highest BCUT2D eigenvalue weighted by atomic mass is 32.2. The van der Waals surface area contributed by atoms with Crippen LogP contribution in [0.2, 0.25) is 0 Å². The summed E-state index contributed by atoms with van der Waals surface area (Å²) >= 11 is 0. The Morgan fingerprint density at radius 2 is 1.96 bits per heavy atom. The zero-order valence-corrected chi connectivity index (χ0v) is 15.5. The third kappa shape index (κ3) is 4.54. The Morgan fingerprint density at radius 1 is 1.19 bits per heavy atom. The van der Waals surface area contributed by atoms with E-state index in [0.29, 0.717) is 30.9 Å². The minimum absolute atomic E-state index is 0.154. The van der Waals surface area contributed by atoms with Crippen molar-refractivity contribution in [1.29, 1.82) is 0 Å². The first kappa shape index (κ1) is 18.3. The average molecular weight is 374 g/mol. The summed E-state index contributed by atoms with van der Waals surface area (Å²) in [6.07, 6.45) is 0.873. The van der Waals surface area contributed by atoms with Crippen molar-refractivity contribution in [2.24, 2.45) is 0 Å². The molecule has 2 aromatic carbocycles. The molecule has 0 aromatic heterocycles. The highest BCUT2D eigenvalue weighted by molar-refractivity contribution is 7.93. The molecule has 0 radical (unpaired) electrons. The minimum atomic E-state index is -3.19. The van der Waals surface area contributed by atoms with Gasteiger partial charge < -0.3 is 10.1 Å². The van der Waals surface area contributed by atoms with Crippen LogP contribution in [0.4, 0.5) is 11.4 Å². The molecule has 1 amide bonds. The van der Waals surface area contributed by atoms with E-state index >= 15 is 0 Å². The fraction of sp³-hybridized carbons (Fsp3) is 0.316. The van der Waals surface area contributed by atoms with E-state index in [0.717, 1.165) is 11.3 Å². The third-order valence-electron chi connectivity index (χ3n) is 4.13. The SMILES string of the molecule is Cc1cccc(OCCC(=O)Nc2ccc(N3CCCS3(=O)=O)cc2)c1. The topological polar surface area (TPSA) is 75.7 Å². The highest BCUT2D eigenvalue weighted by Crippen LogP contribution is 2.25. The molecular formula is C19H22N2O4S. The molecule has 6 nitrogen and oxygen atoms in total. The number of anilines is 2. The maximum atomic E-state index is 12.0. The molecule has 0 unspecified atom stereocenters. The van der Waals surface area contributed by atoms with Gasteiger partial charge in [-0.3, -0.25) is 9.10 Å². The zero-order chi connectivity index (χ0) is 18.6. The van der Waals surface area contributed by atoms with Crippen LogP contribution in [0, 0.1) is 6.92 Å². The van der Waals surface area contributed by atoms with E-state index in [9.17, 15) is 13.2 Å². The average Bonchev–Trinajstić information content (AvgIpc) is 2.95. The number of hydrogen-bond acceptors (Lipinski definition) is 4. The molecule has 0 saturated carbocycles. The number of nitrogens with zero attached hydrogens (tertiary/aromatic N) is 1. The summed E-state index contributed by atoms with van der Waals surface area (Å²) < 4.78 is 30.8. The van der Waals surface area contributed by atoms with Gasteiger partial charge >= 0.3 is 0 Å². The van der Waals surface area contributed by atoms with Crippen molar-refractivity contribution in [2.45, 2.75) is 19.8 Å². The molecule has 2 aromatic rings. The molecule has 1 N–H and O–H groups in total. The first-order valence-electron chi connectivity index (χ1n) is 8.54. The normalized spacial score (nSPS) is 15.7. The smallest absolute Gasteiger partial charge is 0.235 e. The van der Waals surface area contributed by atoms with Crippen molar-refractivity contribution < 1.29 is 17.9 Å². The Balaban J connectivity index is 1.50. The maximum Gasteiger partial charge on any atom is 0.235 e. The van der Waals surface area contributed by atoms with Gasteiger partial charge in [0.05, 0.1) is 24.5 Å². The van der Waals surface area contributed by atoms with E-state index in [1.807, 2.05) is 31.2 Å². The van der Waals surface area contributed by atoms with Crippen LogP contribution in [0.1, 0.15) is 18.4 Å². The van der Waals surface area contributed by atoms with E-state index in [-0.39, 0.29) is 18.1 Å². The molecule has 0 spiro atoms. The number of aryl methyl sites for hydroxylation is 1. The molecule has 1 fully saturated rings. The second-order valence-corrected chi connectivity index (χ2v) is 8.26. The molecule has 1 aliphatic rings. The Morgan fingerprint density at radius 3 is 2.62 bits per heavy atom. The zero-order valence-electron chi connectivity index (χ0n) is 14.6. The van der Waals surface area contributed by atoms with Gasteiger partial charge in [-0.15, -0.1) is 0 Å². The largest absolute Gasteiger partial charge is 0.493 e. The monoisotopic (exact) mass is 374 g/mol. The number of amides is 1. The molecule has 0 bridgehead atoms. The second kappa shape index (κ2) is 7.78. The van der Waals surface area contributed by atoms with Crippen molar-refractivity contribution in [3.63, 3.8) is 0 Å². The Hall–Kier alpha value is -2.54. The lowest BCUT2D eigenvalue weighted by Gasteiger charge is -2.17. The molecule has 0 aliphatic carbocycles. The van der Waals surface area contributed by atoms with Crippen molar-refractivity contribution in [3.8, 4) is 5.75 Å². The van der Waals surface area contributed by atoms with Gasteiger partial charge in [-0.2, -0.15) is 0 Å². The van der Waals surface area contributed by atoms with Gasteiger partial charge in [0.15, 0.2) is 0 Å². The number of benzene rings is 2. The van der Waals surface area contributed by atoms with Crippen molar-refractivity contribution in [1.82, 2.24) is 0 Å².